The minimum Gasteiger partial charge on any atom is -0.457 e. The Kier molecular flexibility index (Phi) is 6.29. The molecule has 3 aromatic rings. The summed E-state index contributed by atoms with van der Waals surface area (Å²) < 4.78 is 5.73. The summed E-state index contributed by atoms with van der Waals surface area (Å²) in [5.74, 6) is 0.835. The highest BCUT2D eigenvalue weighted by molar-refractivity contribution is 6.31. The van der Waals surface area contributed by atoms with Gasteiger partial charge in [0.05, 0.1) is 0 Å². The van der Waals surface area contributed by atoms with E-state index < -0.39 is 0 Å². The summed E-state index contributed by atoms with van der Waals surface area (Å²) in [5.41, 5.74) is 1.18. The molecule has 0 heterocycles. The first-order valence-electron chi connectivity index (χ1n) is 8.68. The molecule has 0 bridgehead atoms. The summed E-state index contributed by atoms with van der Waals surface area (Å²) in [6.07, 6.45) is 0. The van der Waals surface area contributed by atoms with E-state index in [4.69, 9.17) is 16.3 Å². The zero-order chi connectivity index (χ0) is 19.9. The largest absolute Gasteiger partial charge is 0.457 e. The summed E-state index contributed by atoms with van der Waals surface area (Å²) >= 11 is 5.98. The molecule has 0 saturated carbocycles. The van der Waals surface area contributed by atoms with Gasteiger partial charge in [-0.3, -0.25) is 9.59 Å². The van der Waals surface area contributed by atoms with E-state index in [1.54, 1.807) is 48.5 Å². The summed E-state index contributed by atoms with van der Waals surface area (Å²) in [5, 5.41) is 3.28. The van der Waals surface area contributed by atoms with Crippen molar-refractivity contribution < 1.29 is 14.3 Å². The maximum atomic E-state index is 12.4. The Hall–Kier alpha value is -3.31. The third-order valence-electron chi connectivity index (χ3n) is 3.92. The predicted octanol–water partition coefficient (Wildman–Crippen LogP) is 5.12. The van der Waals surface area contributed by atoms with Crippen LogP contribution in [0.3, 0.4) is 0 Å². The number of anilines is 2. The van der Waals surface area contributed by atoms with Crippen molar-refractivity contribution in [2.24, 2.45) is 0 Å². The number of ether oxygens (including phenoxy) is 1. The number of carbonyl (C=O) groups is 2. The summed E-state index contributed by atoms with van der Waals surface area (Å²) in [7, 11) is 0. The fourth-order valence-electron chi connectivity index (χ4n) is 2.60. The van der Waals surface area contributed by atoms with E-state index in [9.17, 15) is 9.59 Å². The molecule has 0 spiro atoms. The number of nitrogens with one attached hydrogen (secondary N) is 1. The maximum Gasteiger partial charge on any atom is 0.244 e. The molecule has 2 amide bonds. The van der Waals surface area contributed by atoms with Crippen molar-refractivity contribution in [3.05, 3.63) is 83.9 Å². The number of amides is 2. The lowest BCUT2D eigenvalue weighted by Gasteiger charge is -2.21. The molecule has 0 radical (unpaired) electrons. The first-order valence-corrected chi connectivity index (χ1v) is 9.05. The zero-order valence-electron chi connectivity index (χ0n) is 15.3. The Labute approximate surface area is 168 Å². The molecule has 0 aliphatic carbocycles. The first kappa shape index (κ1) is 19.5. The van der Waals surface area contributed by atoms with Crippen molar-refractivity contribution in [2.75, 3.05) is 16.8 Å². The lowest BCUT2D eigenvalue weighted by molar-refractivity contribution is -0.120. The second-order valence-electron chi connectivity index (χ2n) is 6.07. The molecule has 0 atom stereocenters. The van der Waals surface area contributed by atoms with Crippen LogP contribution in [0.1, 0.15) is 6.92 Å². The predicted molar refractivity (Wildman–Crippen MR) is 111 cm³/mol. The van der Waals surface area contributed by atoms with Crippen LogP contribution in [0.2, 0.25) is 5.02 Å². The van der Waals surface area contributed by atoms with Gasteiger partial charge in [0.25, 0.3) is 0 Å². The number of carbonyl (C=O) groups excluding carboxylic acids is 2. The van der Waals surface area contributed by atoms with Gasteiger partial charge < -0.3 is 15.0 Å². The Morgan fingerprint density at radius 3 is 2.25 bits per heavy atom. The molecule has 0 fully saturated rings. The second kappa shape index (κ2) is 9.06. The number of hydrogen-bond donors (Lipinski definition) is 1. The molecular weight excluding hydrogens is 376 g/mol. The van der Waals surface area contributed by atoms with Gasteiger partial charge in [-0.1, -0.05) is 35.9 Å². The Morgan fingerprint density at radius 1 is 0.929 bits per heavy atom. The number of para-hydroxylation sites is 1. The van der Waals surface area contributed by atoms with E-state index >= 15 is 0 Å². The van der Waals surface area contributed by atoms with E-state index in [1.165, 1.54) is 11.8 Å². The first-order chi connectivity index (χ1) is 13.5. The number of nitrogens with zero attached hydrogens (tertiary/aromatic N) is 1. The Balaban J connectivity index is 1.62. The molecule has 28 heavy (non-hydrogen) atoms. The normalized spacial score (nSPS) is 10.2. The zero-order valence-corrected chi connectivity index (χ0v) is 16.0. The van der Waals surface area contributed by atoms with Crippen LogP contribution in [0.25, 0.3) is 0 Å². The summed E-state index contributed by atoms with van der Waals surface area (Å²) in [6, 6.07) is 23.3. The second-order valence-corrected chi connectivity index (χ2v) is 6.51. The van der Waals surface area contributed by atoms with Crippen molar-refractivity contribution >= 4 is 34.8 Å². The van der Waals surface area contributed by atoms with E-state index in [-0.39, 0.29) is 18.4 Å². The van der Waals surface area contributed by atoms with Crippen molar-refractivity contribution in [3.8, 4) is 11.5 Å². The molecule has 0 unspecified atom stereocenters. The van der Waals surface area contributed by atoms with E-state index in [0.29, 0.717) is 22.1 Å². The molecule has 1 N–H and O–H groups in total. The van der Waals surface area contributed by atoms with Crippen LogP contribution >= 0.6 is 11.6 Å². The van der Waals surface area contributed by atoms with Gasteiger partial charge in [-0.15, -0.1) is 0 Å². The van der Waals surface area contributed by atoms with E-state index in [1.807, 2.05) is 30.3 Å². The molecule has 6 heteroatoms. The topological polar surface area (TPSA) is 58.6 Å². The molecule has 0 aromatic heterocycles. The quantitative estimate of drug-likeness (QED) is 0.631. The lowest BCUT2D eigenvalue weighted by Crippen LogP contribution is -2.36. The van der Waals surface area contributed by atoms with Crippen molar-refractivity contribution in [3.63, 3.8) is 0 Å². The number of benzene rings is 3. The van der Waals surface area contributed by atoms with Gasteiger partial charge in [-0.25, -0.2) is 0 Å². The highest BCUT2D eigenvalue weighted by Crippen LogP contribution is 2.23. The van der Waals surface area contributed by atoms with Crippen molar-refractivity contribution in [1.29, 1.82) is 0 Å². The van der Waals surface area contributed by atoms with Crippen LogP contribution in [0.15, 0.2) is 78.9 Å². The standard InChI is InChI=1S/C22H19ClN2O3/c1-16(26)25(19-7-5-6-17(23)14-19)15-22(27)24-18-10-12-21(13-11-18)28-20-8-3-2-4-9-20/h2-14H,15H2,1H3,(H,24,27). The Morgan fingerprint density at radius 2 is 1.61 bits per heavy atom. The van der Waals surface area contributed by atoms with Crippen LogP contribution in [-0.2, 0) is 9.59 Å². The van der Waals surface area contributed by atoms with Gasteiger partial charge in [0, 0.05) is 23.3 Å². The lowest BCUT2D eigenvalue weighted by atomic mass is 10.2. The number of halogens is 1. The number of hydrogen-bond acceptors (Lipinski definition) is 3. The van der Waals surface area contributed by atoms with Crippen LogP contribution in [-0.4, -0.2) is 18.4 Å². The van der Waals surface area contributed by atoms with E-state index in [2.05, 4.69) is 5.32 Å². The van der Waals surface area contributed by atoms with Crippen LogP contribution in [0.4, 0.5) is 11.4 Å². The Bertz CT molecular complexity index is 959. The average molecular weight is 395 g/mol. The molecule has 0 aliphatic heterocycles. The molecular formula is C22H19ClN2O3. The minimum atomic E-state index is -0.313. The monoisotopic (exact) mass is 394 g/mol. The highest BCUT2D eigenvalue weighted by atomic mass is 35.5. The van der Waals surface area contributed by atoms with E-state index in [0.717, 1.165) is 5.75 Å². The van der Waals surface area contributed by atoms with Gasteiger partial charge in [-0.05, 0) is 54.6 Å². The van der Waals surface area contributed by atoms with Gasteiger partial charge in [0.15, 0.2) is 0 Å². The molecule has 0 saturated heterocycles. The summed E-state index contributed by atoms with van der Waals surface area (Å²) in [6.45, 7) is 1.29. The molecule has 3 rings (SSSR count). The van der Waals surface area contributed by atoms with Crippen molar-refractivity contribution in [2.45, 2.75) is 6.92 Å². The van der Waals surface area contributed by atoms with Crippen LogP contribution in [0.5, 0.6) is 11.5 Å². The maximum absolute atomic E-state index is 12.4. The SMILES string of the molecule is CC(=O)N(CC(=O)Nc1ccc(Oc2ccccc2)cc1)c1cccc(Cl)c1. The molecule has 0 aliphatic rings. The number of rotatable bonds is 6. The van der Waals surface area contributed by atoms with Gasteiger partial charge >= 0.3 is 0 Å². The highest BCUT2D eigenvalue weighted by Gasteiger charge is 2.16. The van der Waals surface area contributed by atoms with Gasteiger partial charge in [0.2, 0.25) is 11.8 Å². The fourth-order valence-corrected chi connectivity index (χ4v) is 2.79. The van der Waals surface area contributed by atoms with Crippen LogP contribution < -0.4 is 15.0 Å². The average Bonchev–Trinajstić information content (AvgIpc) is 2.68. The molecule has 142 valence electrons. The third-order valence-corrected chi connectivity index (χ3v) is 4.15. The summed E-state index contributed by atoms with van der Waals surface area (Å²) in [4.78, 5) is 25.7. The molecule has 3 aromatic carbocycles. The molecule has 5 nitrogen and oxygen atoms in total. The van der Waals surface area contributed by atoms with Gasteiger partial charge in [0.1, 0.15) is 18.0 Å². The smallest absolute Gasteiger partial charge is 0.244 e. The fraction of sp³-hybridized carbons (Fsp3) is 0.0909. The van der Waals surface area contributed by atoms with Crippen molar-refractivity contribution in [1.82, 2.24) is 0 Å². The van der Waals surface area contributed by atoms with Crippen LogP contribution in [0, 0.1) is 0 Å². The van der Waals surface area contributed by atoms with Gasteiger partial charge in [-0.2, -0.15) is 0 Å². The minimum absolute atomic E-state index is 0.113. The third kappa shape index (κ3) is 5.34.